The van der Waals surface area contributed by atoms with Crippen molar-refractivity contribution in [2.24, 2.45) is 0 Å². The molecule has 4 heteroatoms. The number of hydrogen-bond acceptors (Lipinski definition) is 3. The number of nitrogens with zero attached hydrogens (tertiary/aromatic N) is 2. The second-order valence-corrected chi connectivity index (χ2v) is 5.25. The minimum atomic E-state index is 0.194. The van der Waals surface area contributed by atoms with Crippen molar-refractivity contribution >= 4 is 21.9 Å². The molecule has 1 aliphatic carbocycles. The third kappa shape index (κ3) is 2.58. The minimum absolute atomic E-state index is 0.194. The molecule has 3 nitrogen and oxygen atoms in total. The topological polar surface area (TPSA) is 51.8 Å². The highest BCUT2D eigenvalue weighted by molar-refractivity contribution is 9.10. The predicted octanol–water partition coefficient (Wildman–Crippen LogP) is 3.70. The standard InChI is InChI=1S/C15H12BrN3/c16-12-7-5-11(6-8-12)14-9-13(18-15(17)19-14)10-3-1-2-4-10/h1-10H,(H2,17,18,19). The molecule has 19 heavy (non-hydrogen) atoms. The molecule has 1 aromatic heterocycles. The molecule has 2 aromatic rings. The van der Waals surface area contributed by atoms with Crippen molar-refractivity contribution in [1.82, 2.24) is 9.97 Å². The fraction of sp³-hybridized carbons (Fsp3) is 0.0667. The van der Waals surface area contributed by atoms with Crippen LogP contribution in [0.3, 0.4) is 0 Å². The van der Waals surface area contributed by atoms with Crippen LogP contribution in [0.4, 0.5) is 5.95 Å². The zero-order valence-corrected chi connectivity index (χ0v) is 11.7. The molecular formula is C15H12BrN3. The molecule has 2 N–H and O–H groups in total. The number of rotatable bonds is 2. The second kappa shape index (κ2) is 4.97. The Balaban J connectivity index is 2.04. The Morgan fingerprint density at radius 2 is 1.68 bits per heavy atom. The lowest BCUT2D eigenvalue weighted by Gasteiger charge is -2.09. The lowest BCUT2D eigenvalue weighted by atomic mass is 10.0. The number of aromatic nitrogens is 2. The summed E-state index contributed by atoms with van der Waals surface area (Å²) in [6.45, 7) is 0. The first-order valence-corrected chi connectivity index (χ1v) is 6.77. The van der Waals surface area contributed by atoms with Gasteiger partial charge in [0.2, 0.25) is 5.95 Å². The van der Waals surface area contributed by atoms with Crippen LogP contribution in [0.2, 0.25) is 0 Å². The van der Waals surface area contributed by atoms with E-state index >= 15 is 0 Å². The Hall–Kier alpha value is -1.94. The van der Waals surface area contributed by atoms with E-state index in [0.29, 0.717) is 5.95 Å². The highest BCUT2D eigenvalue weighted by atomic mass is 79.9. The van der Waals surface area contributed by atoms with E-state index in [1.807, 2.05) is 42.5 Å². The van der Waals surface area contributed by atoms with Crippen molar-refractivity contribution in [3.63, 3.8) is 0 Å². The summed E-state index contributed by atoms with van der Waals surface area (Å²) in [7, 11) is 0. The molecule has 1 heterocycles. The fourth-order valence-corrected chi connectivity index (χ4v) is 2.32. The van der Waals surface area contributed by atoms with E-state index in [0.717, 1.165) is 21.4 Å². The molecular weight excluding hydrogens is 302 g/mol. The molecule has 0 spiro atoms. The molecule has 94 valence electrons. The Morgan fingerprint density at radius 1 is 1.00 bits per heavy atom. The smallest absolute Gasteiger partial charge is 0.220 e. The van der Waals surface area contributed by atoms with Crippen LogP contribution in [0.25, 0.3) is 11.3 Å². The largest absolute Gasteiger partial charge is 0.368 e. The van der Waals surface area contributed by atoms with Gasteiger partial charge in [-0.25, -0.2) is 9.97 Å². The average molecular weight is 314 g/mol. The van der Waals surface area contributed by atoms with E-state index in [9.17, 15) is 0 Å². The minimum Gasteiger partial charge on any atom is -0.368 e. The maximum atomic E-state index is 5.81. The van der Waals surface area contributed by atoms with E-state index in [-0.39, 0.29) is 5.92 Å². The summed E-state index contributed by atoms with van der Waals surface area (Å²) >= 11 is 3.43. The summed E-state index contributed by atoms with van der Waals surface area (Å²) in [4.78, 5) is 8.62. The molecule has 0 saturated carbocycles. The lowest BCUT2D eigenvalue weighted by molar-refractivity contribution is 0.987. The van der Waals surface area contributed by atoms with Gasteiger partial charge < -0.3 is 5.73 Å². The van der Waals surface area contributed by atoms with E-state index in [1.54, 1.807) is 0 Å². The van der Waals surface area contributed by atoms with Gasteiger partial charge in [-0.15, -0.1) is 0 Å². The van der Waals surface area contributed by atoms with Crippen molar-refractivity contribution in [3.8, 4) is 11.3 Å². The second-order valence-electron chi connectivity index (χ2n) is 4.34. The van der Waals surface area contributed by atoms with Crippen molar-refractivity contribution in [2.75, 3.05) is 5.73 Å². The first-order chi connectivity index (χ1) is 9.22. The predicted molar refractivity (Wildman–Crippen MR) is 80.6 cm³/mol. The molecule has 0 saturated heterocycles. The van der Waals surface area contributed by atoms with E-state index in [2.05, 4.69) is 38.0 Å². The third-order valence-electron chi connectivity index (χ3n) is 2.99. The van der Waals surface area contributed by atoms with Crippen molar-refractivity contribution in [3.05, 3.63) is 64.8 Å². The SMILES string of the molecule is Nc1nc(-c2ccc(Br)cc2)cc(C2C=CC=C2)n1. The Labute approximate surface area is 120 Å². The molecule has 3 rings (SSSR count). The average Bonchev–Trinajstić information content (AvgIpc) is 2.93. The van der Waals surface area contributed by atoms with Crippen LogP contribution in [0.15, 0.2) is 59.1 Å². The van der Waals surface area contributed by atoms with Crippen LogP contribution in [0.5, 0.6) is 0 Å². The number of nitrogen functional groups attached to an aromatic ring is 1. The number of allylic oxidation sites excluding steroid dienone is 4. The Bertz CT molecular complexity index is 648. The highest BCUT2D eigenvalue weighted by Gasteiger charge is 2.12. The van der Waals surface area contributed by atoms with Crippen molar-refractivity contribution in [2.45, 2.75) is 5.92 Å². The Morgan fingerprint density at radius 3 is 2.37 bits per heavy atom. The monoisotopic (exact) mass is 313 g/mol. The first kappa shape index (κ1) is 12.1. The molecule has 0 aliphatic heterocycles. The van der Waals surface area contributed by atoms with Gasteiger partial charge in [0, 0.05) is 16.0 Å². The van der Waals surface area contributed by atoms with Gasteiger partial charge in [0.15, 0.2) is 0 Å². The van der Waals surface area contributed by atoms with Gasteiger partial charge in [0.05, 0.1) is 11.4 Å². The summed E-state index contributed by atoms with van der Waals surface area (Å²) in [5.74, 6) is 0.503. The van der Waals surface area contributed by atoms with Crippen LogP contribution in [0, 0.1) is 0 Å². The van der Waals surface area contributed by atoms with Gasteiger partial charge in [0.1, 0.15) is 0 Å². The van der Waals surface area contributed by atoms with Crippen LogP contribution in [0.1, 0.15) is 11.6 Å². The normalized spacial score (nSPS) is 14.2. The quantitative estimate of drug-likeness (QED) is 0.919. The molecule has 0 radical (unpaired) electrons. The van der Waals surface area contributed by atoms with Crippen molar-refractivity contribution in [1.29, 1.82) is 0 Å². The molecule has 0 fully saturated rings. The first-order valence-electron chi connectivity index (χ1n) is 5.98. The number of halogens is 1. The summed E-state index contributed by atoms with van der Waals surface area (Å²) < 4.78 is 1.04. The van der Waals surface area contributed by atoms with Crippen LogP contribution in [-0.4, -0.2) is 9.97 Å². The summed E-state index contributed by atoms with van der Waals surface area (Å²) in [6, 6.07) is 9.99. The van der Waals surface area contributed by atoms with Crippen LogP contribution in [-0.2, 0) is 0 Å². The zero-order chi connectivity index (χ0) is 13.2. The molecule has 1 aliphatic rings. The molecule has 0 amide bonds. The molecule has 0 atom stereocenters. The number of nitrogens with two attached hydrogens (primary N) is 1. The fourth-order valence-electron chi connectivity index (χ4n) is 2.05. The maximum Gasteiger partial charge on any atom is 0.220 e. The van der Waals surface area contributed by atoms with Gasteiger partial charge in [-0.1, -0.05) is 52.4 Å². The maximum absolute atomic E-state index is 5.81. The third-order valence-corrected chi connectivity index (χ3v) is 3.52. The van der Waals surface area contributed by atoms with Gasteiger partial charge >= 0.3 is 0 Å². The summed E-state index contributed by atoms with van der Waals surface area (Å²) in [6.07, 6.45) is 8.21. The van der Waals surface area contributed by atoms with Gasteiger partial charge in [0.25, 0.3) is 0 Å². The number of hydrogen-bond donors (Lipinski definition) is 1. The van der Waals surface area contributed by atoms with E-state index in [1.165, 1.54) is 0 Å². The molecule has 1 aromatic carbocycles. The Kier molecular flexibility index (Phi) is 3.17. The van der Waals surface area contributed by atoms with Gasteiger partial charge in [-0.05, 0) is 18.2 Å². The number of benzene rings is 1. The molecule has 0 unspecified atom stereocenters. The van der Waals surface area contributed by atoms with Gasteiger partial charge in [-0.3, -0.25) is 0 Å². The summed E-state index contributed by atoms with van der Waals surface area (Å²) in [5.41, 5.74) is 8.62. The van der Waals surface area contributed by atoms with Crippen LogP contribution < -0.4 is 5.73 Å². The zero-order valence-electron chi connectivity index (χ0n) is 10.1. The highest BCUT2D eigenvalue weighted by Crippen LogP contribution is 2.26. The molecule has 0 bridgehead atoms. The van der Waals surface area contributed by atoms with Crippen LogP contribution >= 0.6 is 15.9 Å². The van der Waals surface area contributed by atoms with E-state index in [4.69, 9.17) is 5.73 Å². The van der Waals surface area contributed by atoms with Crippen molar-refractivity contribution < 1.29 is 0 Å². The van der Waals surface area contributed by atoms with E-state index < -0.39 is 0 Å². The van der Waals surface area contributed by atoms with Gasteiger partial charge in [-0.2, -0.15) is 0 Å². The number of anilines is 1. The summed E-state index contributed by atoms with van der Waals surface area (Å²) in [5, 5.41) is 0. The lowest BCUT2D eigenvalue weighted by Crippen LogP contribution is -2.02.